The molecule has 0 bridgehead atoms. The highest BCUT2D eigenvalue weighted by molar-refractivity contribution is 9.10. The second-order valence-corrected chi connectivity index (χ2v) is 9.69. The number of fused-ring (bicyclic) bond motifs is 2. The van der Waals surface area contributed by atoms with Gasteiger partial charge in [-0.3, -0.25) is 0 Å². The maximum Gasteiger partial charge on any atom is 0.177 e. The average Bonchev–Trinajstić information content (AvgIpc) is 3.60. The van der Waals surface area contributed by atoms with Crippen LogP contribution in [0.25, 0.3) is 11.3 Å². The molecule has 0 aromatic carbocycles. The van der Waals surface area contributed by atoms with Gasteiger partial charge in [0.05, 0.1) is 10.2 Å². The molecule has 0 saturated heterocycles. The minimum absolute atomic E-state index is 0.401. The number of aryl methyl sites for hydroxylation is 2. The van der Waals surface area contributed by atoms with Crippen LogP contribution < -0.4 is 11.1 Å². The van der Waals surface area contributed by atoms with Gasteiger partial charge in [-0.25, -0.2) is 29.0 Å². The van der Waals surface area contributed by atoms with Crippen LogP contribution in [0.2, 0.25) is 10.3 Å². The van der Waals surface area contributed by atoms with Crippen LogP contribution >= 0.6 is 39.1 Å². The molecular formula is C26H25BrCl2N10. The number of rotatable bonds is 4. The number of hydrogen-bond acceptors (Lipinski definition) is 8. The summed E-state index contributed by atoms with van der Waals surface area (Å²) in [5.41, 5.74) is 10.1. The third-order valence-corrected chi connectivity index (χ3v) is 6.32. The minimum Gasteiger partial charge on any atom is -0.384 e. The second-order valence-electron chi connectivity index (χ2n) is 8.06. The van der Waals surface area contributed by atoms with Crippen LogP contribution in [0, 0.1) is 0 Å². The van der Waals surface area contributed by atoms with E-state index in [4.69, 9.17) is 28.9 Å². The van der Waals surface area contributed by atoms with E-state index in [-0.39, 0.29) is 0 Å². The van der Waals surface area contributed by atoms with Gasteiger partial charge in [-0.2, -0.15) is 10.2 Å². The van der Waals surface area contributed by atoms with Gasteiger partial charge in [0.15, 0.2) is 21.6 Å². The summed E-state index contributed by atoms with van der Waals surface area (Å²) in [6.07, 6.45) is 12.5. The summed E-state index contributed by atoms with van der Waals surface area (Å²) in [6, 6.07) is 11.2. The molecule has 0 aliphatic rings. The third kappa shape index (κ3) is 7.62. The van der Waals surface area contributed by atoms with Crippen LogP contribution in [0.3, 0.4) is 0 Å². The lowest BCUT2D eigenvalue weighted by molar-refractivity contribution is 0.932. The number of nitrogens with one attached hydrogen (secondary N) is 1. The maximum absolute atomic E-state index is 5.97. The van der Waals surface area contributed by atoms with E-state index >= 15 is 0 Å². The Labute approximate surface area is 243 Å². The molecule has 0 amide bonds. The number of nitrogens with zero attached hydrogens (tertiary/aromatic N) is 8. The molecule has 6 aromatic rings. The zero-order valence-electron chi connectivity index (χ0n) is 21.1. The lowest BCUT2D eigenvalue weighted by Gasteiger charge is -2.07. The molecule has 10 nitrogen and oxygen atoms in total. The van der Waals surface area contributed by atoms with Crippen LogP contribution in [0.5, 0.6) is 0 Å². The molecule has 13 heteroatoms. The van der Waals surface area contributed by atoms with Crippen molar-refractivity contribution in [1.29, 1.82) is 0 Å². The minimum atomic E-state index is 0.401. The molecule has 0 unspecified atom stereocenters. The molecule has 0 fully saturated rings. The first kappa shape index (κ1) is 28.2. The predicted molar refractivity (Wildman–Crippen MR) is 159 cm³/mol. The quantitative estimate of drug-likeness (QED) is 0.228. The molecule has 6 aromatic heterocycles. The van der Waals surface area contributed by atoms with Crippen LogP contribution in [0.4, 0.5) is 17.3 Å². The van der Waals surface area contributed by atoms with Gasteiger partial charge in [-0.1, -0.05) is 49.2 Å². The fourth-order valence-electron chi connectivity index (χ4n) is 3.32. The van der Waals surface area contributed by atoms with Crippen molar-refractivity contribution in [2.24, 2.45) is 0 Å². The molecule has 0 aliphatic heterocycles. The van der Waals surface area contributed by atoms with Crippen LogP contribution in [0.15, 0.2) is 78.1 Å². The lowest BCUT2D eigenvalue weighted by atomic mass is 10.2. The van der Waals surface area contributed by atoms with Crippen LogP contribution in [-0.2, 0) is 12.8 Å². The van der Waals surface area contributed by atoms with Crippen molar-refractivity contribution in [1.82, 2.24) is 39.2 Å². The Balaban J connectivity index is 0.000000149. The Bertz CT molecular complexity index is 1650. The van der Waals surface area contributed by atoms with E-state index in [0.717, 1.165) is 34.5 Å². The molecule has 6 heterocycles. The lowest BCUT2D eigenvalue weighted by Crippen LogP contribution is -1.99. The highest BCUT2D eigenvalue weighted by Crippen LogP contribution is 2.22. The third-order valence-electron chi connectivity index (χ3n) is 5.37. The fraction of sp³-hybridized carbons (Fsp3) is 0.154. The molecule has 6 rings (SSSR count). The van der Waals surface area contributed by atoms with Crippen molar-refractivity contribution < 1.29 is 0 Å². The number of imidazole rings is 2. The molecule has 39 heavy (non-hydrogen) atoms. The van der Waals surface area contributed by atoms with Gasteiger partial charge < -0.3 is 11.1 Å². The first-order valence-electron chi connectivity index (χ1n) is 11.9. The molecule has 0 atom stereocenters. The monoisotopic (exact) mass is 626 g/mol. The molecule has 0 aliphatic carbocycles. The molecule has 0 radical (unpaired) electrons. The number of pyridine rings is 2. The summed E-state index contributed by atoms with van der Waals surface area (Å²) in [6.45, 7) is 4.19. The Kier molecular flexibility index (Phi) is 9.64. The fourth-order valence-corrected chi connectivity index (χ4v) is 4.33. The van der Waals surface area contributed by atoms with Gasteiger partial charge in [0.25, 0.3) is 0 Å². The Morgan fingerprint density at radius 2 is 1.38 bits per heavy atom. The number of nitrogens with two attached hydrogens (primary N) is 1. The van der Waals surface area contributed by atoms with E-state index in [1.807, 2.05) is 30.5 Å². The number of nitrogen functional groups attached to an aromatic ring is 1. The van der Waals surface area contributed by atoms with Crippen molar-refractivity contribution in [3.05, 3.63) is 99.5 Å². The van der Waals surface area contributed by atoms with Gasteiger partial charge in [0.1, 0.15) is 11.6 Å². The SMILES string of the molecule is CCc1ccc(N)nc1.CCc1ccc(Nc2cc(Cl)nn3ccnc23)nc1.Clc1cc(Br)c2nccn2n1. The molecule has 0 spiro atoms. The van der Waals surface area contributed by atoms with Crippen molar-refractivity contribution in [2.75, 3.05) is 11.1 Å². The molecule has 200 valence electrons. The van der Waals surface area contributed by atoms with Gasteiger partial charge in [0, 0.05) is 43.2 Å². The summed E-state index contributed by atoms with van der Waals surface area (Å²) < 4.78 is 4.10. The number of aromatic nitrogens is 8. The van der Waals surface area contributed by atoms with E-state index in [2.05, 4.69) is 65.2 Å². The average molecular weight is 628 g/mol. The van der Waals surface area contributed by atoms with Gasteiger partial charge in [-0.15, -0.1) is 0 Å². The summed E-state index contributed by atoms with van der Waals surface area (Å²) in [5, 5.41) is 12.2. The van der Waals surface area contributed by atoms with Crippen molar-refractivity contribution in [3.8, 4) is 0 Å². The van der Waals surface area contributed by atoms with Crippen molar-refractivity contribution >= 4 is 67.7 Å². The van der Waals surface area contributed by atoms with E-state index < -0.39 is 0 Å². The zero-order chi connectivity index (χ0) is 27.8. The molecule has 3 N–H and O–H groups in total. The van der Waals surface area contributed by atoms with Gasteiger partial charge in [0.2, 0.25) is 0 Å². The second kappa shape index (κ2) is 13.3. The Hall–Kier alpha value is -3.80. The molecular weight excluding hydrogens is 603 g/mol. The standard InChI is InChI=1S/C13H12ClN5.C7H10N2.C6H3BrClN3/c1-2-9-3-4-12(16-8-9)17-10-7-11(14)18-19-6-5-15-13(10)19;1-2-6-3-4-7(8)9-5-6;7-4-3-5(8)10-11-2-1-9-6(4)11/h3-8H,2H2,1H3,(H,16,17);3-5H,2H2,1H3,(H2,8,9);1-3H. The summed E-state index contributed by atoms with van der Waals surface area (Å²) in [5.74, 6) is 1.34. The van der Waals surface area contributed by atoms with Crippen molar-refractivity contribution in [2.45, 2.75) is 26.7 Å². The highest BCUT2D eigenvalue weighted by Gasteiger charge is 2.07. The smallest absolute Gasteiger partial charge is 0.177 e. The summed E-state index contributed by atoms with van der Waals surface area (Å²) in [4.78, 5) is 16.6. The zero-order valence-corrected chi connectivity index (χ0v) is 24.2. The number of halogens is 3. The van der Waals surface area contributed by atoms with Crippen molar-refractivity contribution in [3.63, 3.8) is 0 Å². The van der Waals surface area contributed by atoms with Crippen LogP contribution in [-0.4, -0.2) is 39.2 Å². The summed E-state index contributed by atoms with van der Waals surface area (Å²) >= 11 is 15.0. The van der Waals surface area contributed by atoms with Crippen LogP contribution in [0.1, 0.15) is 25.0 Å². The van der Waals surface area contributed by atoms with E-state index in [1.165, 1.54) is 11.1 Å². The first-order valence-corrected chi connectivity index (χ1v) is 13.5. The molecule has 0 saturated carbocycles. The van der Waals surface area contributed by atoms with Gasteiger partial charge >= 0.3 is 0 Å². The maximum atomic E-state index is 5.97. The van der Waals surface area contributed by atoms with E-state index in [0.29, 0.717) is 21.8 Å². The first-order chi connectivity index (χ1) is 18.9. The van der Waals surface area contributed by atoms with E-state index in [1.54, 1.807) is 52.1 Å². The number of hydrogen-bond donors (Lipinski definition) is 2. The highest BCUT2D eigenvalue weighted by atomic mass is 79.9. The Morgan fingerprint density at radius 3 is 1.97 bits per heavy atom. The van der Waals surface area contributed by atoms with Gasteiger partial charge in [-0.05, 0) is 58.1 Å². The topological polar surface area (TPSA) is 124 Å². The van der Waals surface area contributed by atoms with E-state index in [9.17, 15) is 0 Å². The summed E-state index contributed by atoms with van der Waals surface area (Å²) in [7, 11) is 0. The number of anilines is 3. The Morgan fingerprint density at radius 1 is 0.795 bits per heavy atom. The normalized spacial score (nSPS) is 10.5. The largest absolute Gasteiger partial charge is 0.384 e. The predicted octanol–water partition coefficient (Wildman–Crippen LogP) is 6.46.